The van der Waals surface area contributed by atoms with Crippen molar-refractivity contribution in [2.24, 2.45) is 0 Å². The molecule has 0 saturated heterocycles. The Morgan fingerprint density at radius 1 is 1.12 bits per heavy atom. The Bertz CT molecular complexity index is 1190. The summed E-state index contributed by atoms with van der Waals surface area (Å²) in [5.74, 6) is -0.143. The van der Waals surface area contributed by atoms with Gasteiger partial charge < -0.3 is 9.15 Å². The van der Waals surface area contributed by atoms with Gasteiger partial charge in [-0.2, -0.15) is 0 Å². The van der Waals surface area contributed by atoms with Gasteiger partial charge >= 0.3 is 5.63 Å². The molecule has 7 nitrogen and oxygen atoms in total. The molecule has 0 saturated carbocycles. The molecule has 0 unspecified atom stereocenters. The number of benzene rings is 2. The van der Waals surface area contributed by atoms with Crippen LogP contribution in [0, 0.1) is 17.0 Å². The number of ether oxygens (including phenoxy) is 1. The number of hydrogen-bond acceptors (Lipinski definition) is 6. The lowest BCUT2D eigenvalue weighted by atomic mass is 10.0. The van der Waals surface area contributed by atoms with Gasteiger partial charge in [-0.05, 0) is 36.3 Å². The molecule has 26 heavy (non-hydrogen) atoms. The van der Waals surface area contributed by atoms with Crippen LogP contribution in [-0.4, -0.2) is 10.7 Å². The molecule has 0 N–H and O–H groups in total. The zero-order valence-electron chi connectivity index (χ0n) is 13.5. The molecule has 2 aromatic carbocycles. The lowest BCUT2D eigenvalue weighted by Gasteiger charge is -2.02. The van der Waals surface area contributed by atoms with E-state index in [0.29, 0.717) is 16.5 Å². The highest BCUT2D eigenvalue weighted by Gasteiger charge is 2.31. The molecule has 1 aliphatic rings. The van der Waals surface area contributed by atoms with E-state index in [4.69, 9.17) is 9.15 Å². The van der Waals surface area contributed by atoms with Gasteiger partial charge in [0.1, 0.15) is 11.3 Å². The Hall–Kier alpha value is -3.74. The molecule has 0 amide bonds. The Labute approximate surface area is 146 Å². The summed E-state index contributed by atoms with van der Waals surface area (Å²) in [6, 6.07) is 10.6. The molecule has 1 aromatic heterocycles. The Morgan fingerprint density at radius 2 is 1.92 bits per heavy atom. The van der Waals surface area contributed by atoms with Crippen molar-refractivity contribution in [1.29, 1.82) is 0 Å². The number of rotatable bonds is 2. The average molecular weight is 349 g/mol. The predicted molar refractivity (Wildman–Crippen MR) is 93.3 cm³/mol. The van der Waals surface area contributed by atoms with Crippen LogP contribution >= 0.6 is 0 Å². The van der Waals surface area contributed by atoms with Crippen LogP contribution in [0.2, 0.25) is 0 Å². The fourth-order valence-corrected chi connectivity index (χ4v) is 2.93. The fourth-order valence-electron chi connectivity index (χ4n) is 2.93. The van der Waals surface area contributed by atoms with Crippen molar-refractivity contribution in [3.05, 3.63) is 85.4 Å². The second-order valence-corrected chi connectivity index (χ2v) is 5.86. The van der Waals surface area contributed by atoms with E-state index in [0.717, 1.165) is 0 Å². The highest BCUT2D eigenvalue weighted by atomic mass is 16.6. The minimum absolute atomic E-state index is 0.0113. The van der Waals surface area contributed by atoms with Crippen LogP contribution in [0.25, 0.3) is 17.0 Å². The van der Waals surface area contributed by atoms with E-state index in [9.17, 15) is 19.7 Å². The second-order valence-electron chi connectivity index (χ2n) is 5.86. The Kier molecular flexibility index (Phi) is 3.43. The van der Waals surface area contributed by atoms with Crippen molar-refractivity contribution in [2.45, 2.75) is 6.92 Å². The van der Waals surface area contributed by atoms with Crippen molar-refractivity contribution in [2.75, 3.05) is 0 Å². The van der Waals surface area contributed by atoms with E-state index in [-0.39, 0.29) is 28.3 Å². The molecular formula is C19H11NO6. The molecule has 3 aromatic rings. The van der Waals surface area contributed by atoms with Crippen LogP contribution in [-0.2, 0) is 0 Å². The Balaban J connectivity index is 1.84. The third-order valence-electron chi connectivity index (χ3n) is 4.13. The standard InChI is InChI=1S/C19H11NO6/c1-10-7-16(21)26-19-13(10)5-6-14-17(19)18(22)15(25-14)9-11-3-2-4-12(8-11)20(23)24/h2-9H,1H3. The lowest BCUT2D eigenvalue weighted by molar-refractivity contribution is -0.384. The number of carbonyl (C=O) groups is 1. The molecule has 0 radical (unpaired) electrons. The number of nitro groups is 1. The SMILES string of the molecule is Cc1cc(=O)oc2c3c(ccc12)OC(=Cc1cccc([N+](=O)[O-])c1)C3=O. The van der Waals surface area contributed by atoms with Gasteiger partial charge in [0.05, 0.1) is 4.92 Å². The van der Waals surface area contributed by atoms with Crippen LogP contribution in [0.4, 0.5) is 5.69 Å². The molecule has 0 aliphatic carbocycles. The molecule has 7 heteroatoms. The molecule has 0 bridgehead atoms. The number of Topliss-reactive ketones (excluding diaryl/α,β-unsaturated/α-hetero) is 1. The third-order valence-corrected chi connectivity index (χ3v) is 4.13. The maximum Gasteiger partial charge on any atom is 0.336 e. The first kappa shape index (κ1) is 15.8. The summed E-state index contributed by atoms with van der Waals surface area (Å²) in [6.07, 6.45) is 1.43. The minimum atomic E-state index is -0.549. The third kappa shape index (κ3) is 2.46. The molecule has 0 atom stereocenters. The monoisotopic (exact) mass is 349 g/mol. The molecule has 0 fully saturated rings. The van der Waals surface area contributed by atoms with E-state index in [1.807, 2.05) is 0 Å². The van der Waals surface area contributed by atoms with Gasteiger partial charge in [0.25, 0.3) is 5.69 Å². The first-order valence-electron chi connectivity index (χ1n) is 7.70. The van der Waals surface area contributed by atoms with Crippen LogP contribution in [0.15, 0.2) is 57.4 Å². The van der Waals surface area contributed by atoms with Gasteiger partial charge in [0, 0.05) is 23.6 Å². The van der Waals surface area contributed by atoms with Crippen molar-refractivity contribution in [3.8, 4) is 5.75 Å². The fraction of sp³-hybridized carbons (Fsp3) is 0.0526. The first-order chi connectivity index (χ1) is 12.4. The van der Waals surface area contributed by atoms with Gasteiger partial charge in [-0.25, -0.2) is 4.79 Å². The number of nitro benzene ring substituents is 1. The average Bonchev–Trinajstić information content (AvgIpc) is 2.91. The largest absolute Gasteiger partial charge is 0.452 e. The van der Waals surface area contributed by atoms with E-state index >= 15 is 0 Å². The van der Waals surface area contributed by atoms with Crippen molar-refractivity contribution in [3.63, 3.8) is 0 Å². The molecule has 0 spiro atoms. The molecule has 4 rings (SSSR count). The van der Waals surface area contributed by atoms with Crippen molar-refractivity contribution >= 4 is 28.5 Å². The maximum absolute atomic E-state index is 12.8. The Morgan fingerprint density at radius 3 is 2.69 bits per heavy atom. The smallest absolute Gasteiger partial charge is 0.336 e. The predicted octanol–water partition coefficient (Wildman–Crippen LogP) is 3.63. The van der Waals surface area contributed by atoms with E-state index in [1.54, 1.807) is 25.1 Å². The van der Waals surface area contributed by atoms with Crippen molar-refractivity contribution < 1.29 is 18.9 Å². The number of nitrogens with zero attached hydrogens (tertiary/aromatic N) is 1. The maximum atomic E-state index is 12.8. The molecule has 1 aliphatic heterocycles. The van der Waals surface area contributed by atoms with Crippen LogP contribution in [0.3, 0.4) is 0 Å². The van der Waals surface area contributed by atoms with E-state index in [1.165, 1.54) is 30.3 Å². The number of ketones is 1. The quantitative estimate of drug-likeness (QED) is 0.303. The van der Waals surface area contributed by atoms with Gasteiger partial charge in [-0.1, -0.05) is 12.1 Å². The zero-order chi connectivity index (χ0) is 18.4. The van der Waals surface area contributed by atoms with Crippen LogP contribution in [0.5, 0.6) is 5.75 Å². The zero-order valence-corrected chi connectivity index (χ0v) is 13.5. The van der Waals surface area contributed by atoms with Crippen molar-refractivity contribution in [1.82, 2.24) is 0 Å². The van der Waals surface area contributed by atoms with E-state index < -0.39 is 16.3 Å². The minimum Gasteiger partial charge on any atom is -0.452 e. The number of carbonyl (C=O) groups excluding carboxylic acids is 1. The summed E-state index contributed by atoms with van der Waals surface area (Å²) in [7, 11) is 0. The number of aryl methyl sites for hydroxylation is 1. The summed E-state index contributed by atoms with van der Waals surface area (Å²) in [5, 5.41) is 11.5. The summed E-state index contributed by atoms with van der Waals surface area (Å²) in [5.41, 5.74) is 0.877. The second kappa shape index (κ2) is 5.66. The van der Waals surface area contributed by atoms with Gasteiger partial charge in [0.15, 0.2) is 11.3 Å². The summed E-state index contributed by atoms with van der Waals surface area (Å²) in [6.45, 7) is 1.76. The van der Waals surface area contributed by atoms with Gasteiger partial charge in [-0.15, -0.1) is 0 Å². The lowest BCUT2D eigenvalue weighted by Crippen LogP contribution is -2.02. The first-order valence-corrected chi connectivity index (χ1v) is 7.70. The highest BCUT2D eigenvalue weighted by Crippen LogP contribution is 2.37. The van der Waals surface area contributed by atoms with Gasteiger partial charge in [0.2, 0.25) is 5.78 Å². The molecular weight excluding hydrogens is 338 g/mol. The highest BCUT2D eigenvalue weighted by molar-refractivity contribution is 6.20. The number of non-ortho nitro benzene ring substituents is 1. The molecule has 2 heterocycles. The van der Waals surface area contributed by atoms with Gasteiger partial charge in [-0.3, -0.25) is 14.9 Å². The van der Waals surface area contributed by atoms with Crippen LogP contribution in [0.1, 0.15) is 21.5 Å². The summed E-state index contributed by atoms with van der Waals surface area (Å²) in [4.78, 5) is 34.8. The van der Waals surface area contributed by atoms with Crippen LogP contribution < -0.4 is 10.4 Å². The number of allylic oxidation sites excluding steroid dienone is 1. The normalized spacial score (nSPS) is 14.5. The number of fused-ring (bicyclic) bond motifs is 3. The summed E-state index contributed by atoms with van der Waals surface area (Å²) < 4.78 is 10.8. The van der Waals surface area contributed by atoms with E-state index in [2.05, 4.69) is 0 Å². The molecule has 128 valence electrons. The number of hydrogen-bond donors (Lipinski definition) is 0. The topological polar surface area (TPSA) is 99.7 Å². The summed E-state index contributed by atoms with van der Waals surface area (Å²) >= 11 is 0.